The fourth-order valence-corrected chi connectivity index (χ4v) is 4.45. The number of amides is 3. The summed E-state index contributed by atoms with van der Waals surface area (Å²) in [4.78, 5) is 56.0. The van der Waals surface area contributed by atoms with Crippen molar-refractivity contribution in [2.24, 2.45) is 11.8 Å². The van der Waals surface area contributed by atoms with E-state index in [1.54, 1.807) is 16.8 Å². The van der Waals surface area contributed by atoms with Gasteiger partial charge in [0.1, 0.15) is 11.2 Å². The summed E-state index contributed by atoms with van der Waals surface area (Å²) in [6.07, 6.45) is 0.650. The summed E-state index contributed by atoms with van der Waals surface area (Å²) in [5.74, 6) is -0.326. The normalized spacial score (nSPS) is 17.0. The molecule has 46 heavy (non-hydrogen) atoms. The van der Waals surface area contributed by atoms with Gasteiger partial charge in [0.2, 0.25) is 0 Å². The first kappa shape index (κ1) is 43.3. The molecule has 2 fully saturated rings. The van der Waals surface area contributed by atoms with Gasteiger partial charge in [0.25, 0.3) is 5.91 Å². The number of nitrogens with zero attached hydrogens (tertiary/aromatic N) is 3. The molecule has 12 heteroatoms. The van der Waals surface area contributed by atoms with Gasteiger partial charge in [-0.15, -0.1) is 0 Å². The zero-order chi connectivity index (χ0) is 32.9. The van der Waals surface area contributed by atoms with E-state index < -0.39 is 11.2 Å². The quantitative estimate of drug-likeness (QED) is 0.208. The van der Waals surface area contributed by atoms with Gasteiger partial charge in [0.05, 0.1) is 13.0 Å². The summed E-state index contributed by atoms with van der Waals surface area (Å²) < 4.78 is 10.6. The molecular formula is C34H48BrMgN3O7. The number of likely N-dealkylation sites (tertiary alicyclic amines) is 2. The predicted octanol–water partition coefficient (Wildman–Crippen LogP) is 2.50. The molecule has 0 spiro atoms. The summed E-state index contributed by atoms with van der Waals surface area (Å²) in [5, 5.41) is 1.20. The van der Waals surface area contributed by atoms with E-state index in [1.807, 2.05) is 102 Å². The smallest absolute Gasteiger partial charge is 1.00 e. The molecule has 0 N–H and O–H groups in total. The predicted molar refractivity (Wildman–Crippen MR) is 173 cm³/mol. The van der Waals surface area contributed by atoms with Crippen molar-refractivity contribution in [1.82, 2.24) is 14.9 Å². The minimum absolute atomic E-state index is 0. The molecule has 2 atom stereocenters. The Bertz CT molecular complexity index is 1180. The third kappa shape index (κ3) is 15.7. The Kier molecular flexibility index (Phi) is 19.3. The van der Waals surface area contributed by atoms with Crippen LogP contribution in [0, 0.1) is 17.9 Å². The molecule has 0 radical (unpaired) electrons. The molecule has 0 bridgehead atoms. The van der Waals surface area contributed by atoms with Crippen LogP contribution in [0.1, 0.15) is 64.7 Å². The van der Waals surface area contributed by atoms with Crippen molar-refractivity contribution in [3.8, 4) is 0 Å². The number of Topliss-reactive ketones (excluding diaryl/α,β-unsaturated/α-hetero) is 1. The van der Waals surface area contributed by atoms with Crippen LogP contribution in [0.4, 0.5) is 9.59 Å². The number of carbonyl (C=O) groups is 4. The van der Waals surface area contributed by atoms with Crippen LogP contribution < -0.4 is 17.0 Å². The first-order valence-electron chi connectivity index (χ1n) is 14.9. The minimum atomic E-state index is -0.511. The van der Waals surface area contributed by atoms with Gasteiger partial charge >= 0.3 is 35.2 Å². The Hall–Kier alpha value is -2.67. The summed E-state index contributed by atoms with van der Waals surface area (Å²) in [5.41, 5.74) is -0.301. The zero-order valence-electron chi connectivity index (χ0n) is 28.5. The third-order valence-electron chi connectivity index (χ3n) is 6.65. The van der Waals surface area contributed by atoms with Crippen LogP contribution >= 0.6 is 0 Å². The summed E-state index contributed by atoms with van der Waals surface area (Å²) in [6.45, 7) is 13.0. The summed E-state index contributed by atoms with van der Waals surface area (Å²) >= 11 is 0. The molecule has 2 aromatic rings. The third-order valence-corrected chi connectivity index (χ3v) is 6.65. The van der Waals surface area contributed by atoms with E-state index in [0.29, 0.717) is 44.6 Å². The van der Waals surface area contributed by atoms with Crippen LogP contribution in [0.15, 0.2) is 60.7 Å². The molecule has 0 saturated carbocycles. The molecule has 4 rings (SSSR count). The molecule has 2 heterocycles. The molecule has 2 saturated heterocycles. The van der Waals surface area contributed by atoms with Crippen molar-refractivity contribution in [1.29, 1.82) is 0 Å². The average Bonchev–Trinajstić information content (AvgIpc) is 3.68. The SMILES string of the molecule is CC(C)(C)OC(=O)N1CCC(C(=O)c2ccccc2)C1.CON(C)C(=O)C1CCN(C(=O)OC(C)(C)C)C1.[Br-].[Mg+2].[c-]1ccccc1. The van der Waals surface area contributed by atoms with E-state index in [-0.39, 0.29) is 75.7 Å². The van der Waals surface area contributed by atoms with Crippen LogP contribution in [-0.2, 0) is 19.1 Å². The topological polar surface area (TPSA) is 106 Å². The second-order valence-corrected chi connectivity index (χ2v) is 12.6. The maximum atomic E-state index is 12.3. The summed E-state index contributed by atoms with van der Waals surface area (Å²) in [6, 6.07) is 21.7. The molecule has 10 nitrogen and oxygen atoms in total. The second kappa shape index (κ2) is 20.5. The van der Waals surface area contributed by atoms with E-state index in [1.165, 1.54) is 12.2 Å². The molecule has 2 aliphatic heterocycles. The molecule has 2 aliphatic rings. The Balaban J connectivity index is 0.000000720. The number of halogens is 1. The zero-order valence-corrected chi connectivity index (χ0v) is 31.5. The van der Waals surface area contributed by atoms with Gasteiger partial charge < -0.3 is 36.3 Å². The fraction of sp³-hybridized carbons (Fsp3) is 0.529. The molecule has 2 unspecified atom stereocenters. The van der Waals surface area contributed by atoms with Gasteiger partial charge in [-0.3, -0.25) is 14.4 Å². The van der Waals surface area contributed by atoms with Gasteiger partial charge in [-0.2, -0.15) is 36.4 Å². The average molecular weight is 715 g/mol. The van der Waals surface area contributed by atoms with E-state index in [0.717, 1.165) is 0 Å². The van der Waals surface area contributed by atoms with Crippen molar-refractivity contribution >= 4 is 46.9 Å². The van der Waals surface area contributed by atoms with Gasteiger partial charge in [0, 0.05) is 44.7 Å². The van der Waals surface area contributed by atoms with Crippen molar-refractivity contribution < 1.29 is 50.5 Å². The van der Waals surface area contributed by atoms with Crippen LogP contribution in [0.25, 0.3) is 0 Å². The van der Waals surface area contributed by atoms with Crippen molar-refractivity contribution in [2.45, 2.75) is 65.6 Å². The van der Waals surface area contributed by atoms with Gasteiger partial charge in [-0.1, -0.05) is 30.3 Å². The monoisotopic (exact) mass is 713 g/mol. The Morgan fingerprint density at radius 1 is 0.761 bits per heavy atom. The Labute approximate surface area is 301 Å². The van der Waals surface area contributed by atoms with Crippen molar-refractivity contribution in [3.63, 3.8) is 0 Å². The molecule has 250 valence electrons. The van der Waals surface area contributed by atoms with E-state index in [4.69, 9.17) is 14.3 Å². The molecular weight excluding hydrogens is 667 g/mol. The Morgan fingerprint density at radius 3 is 1.59 bits per heavy atom. The Morgan fingerprint density at radius 2 is 1.20 bits per heavy atom. The maximum Gasteiger partial charge on any atom is 2.00 e. The first-order chi connectivity index (χ1) is 20.6. The van der Waals surface area contributed by atoms with E-state index in [2.05, 4.69) is 6.07 Å². The molecule has 0 aromatic heterocycles. The van der Waals surface area contributed by atoms with Crippen LogP contribution in [0.5, 0.6) is 0 Å². The number of hydroxylamine groups is 2. The fourth-order valence-electron chi connectivity index (χ4n) is 4.45. The first-order valence-corrected chi connectivity index (χ1v) is 14.9. The number of ketones is 1. The van der Waals surface area contributed by atoms with Gasteiger partial charge in [0.15, 0.2) is 5.78 Å². The number of hydrogen-bond donors (Lipinski definition) is 0. The van der Waals surface area contributed by atoms with Gasteiger partial charge in [-0.05, 0) is 54.4 Å². The van der Waals surface area contributed by atoms with Crippen molar-refractivity contribution in [2.75, 3.05) is 40.3 Å². The van der Waals surface area contributed by atoms with E-state index >= 15 is 0 Å². The van der Waals surface area contributed by atoms with Crippen LogP contribution in [0.2, 0.25) is 0 Å². The number of benzene rings is 2. The number of rotatable bonds is 4. The van der Waals surface area contributed by atoms with Crippen molar-refractivity contribution in [3.05, 3.63) is 72.3 Å². The van der Waals surface area contributed by atoms with E-state index in [9.17, 15) is 19.2 Å². The largest absolute Gasteiger partial charge is 2.00 e. The molecule has 3 amide bonds. The number of ether oxygens (including phenoxy) is 2. The summed E-state index contributed by atoms with van der Waals surface area (Å²) in [7, 11) is 3.01. The van der Waals surface area contributed by atoms with Crippen LogP contribution in [0.3, 0.4) is 0 Å². The van der Waals surface area contributed by atoms with Gasteiger partial charge in [-0.25, -0.2) is 14.7 Å². The molecule has 0 aliphatic carbocycles. The molecule has 2 aromatic carbocycles. The number of hydrogen-bond acceptors (Lipinski definition) is 7. The standard InChI is InChI=1S/C16H21NO3.C12H22N2O4.C6H5.BrH.Mg/c1-16(2,3)20-15(19)17-10-9-13(11-17)14(18)12-7-5-4-6-8-12;1-12(2,3)18-11(16)14-7-6-9(8-14)10(15)13(4)17-5;1-2-4-6-5-3-1;;/h4-8,13H,9-11H2,1-3H3;9H,6-8H2,1-5H3;1-5H;1H;/q;;-1;;+2/p-1. The minimum Gasteiger partial charge on any atom is -1.00 e. The maximum absolute atomic E-state index is 12.3. The number of carbonyl (C=O) groups excluding carboxylic acids is 4. The second-order valence-electron chi connectivity index (χ2n) is 12.6. The van der Waals surface area contributed by atoms with Crippen LogP contribution in [-0.4, -0.2) is 113 Å².